The Morgan fingerprint density at radius 3 is 2.60 bits per heavy atom. The third kappa shape index (κ3) is 5.07. The second-order valence-electron chi connectivity index (χ2n) is 6.62. The van der Waals surface area contributed by atoms with Gasteiger partial charge in [0.2, 0.25) is 5.09 Å². The molecule has 162 valence electrons. The summed E-state index contributed by atoms with van der Waals surface area (Å²) in [5.74, 6) is -1.40. The van der Waals surface area contributed by atoms with E-state index < -0.39 is 21.9 Å². The number of hydrogen-bond acceptors (Lipinski definition) is 7. The Labute approximate surface area is 175 Å². The number of carbonyl (C=O) groups is 2. The van der Waals surface area contributed by atoms with E-state index in [0.29, 0.717) is 19.8 Å². The number of esters is 1. The van der Waals surface area contributed by atoms with Crippen LogP contribution < -0.4 is 5.32 Å². The Hall–Kier alpha value is -2.69. The molecule has 1 aromatic heterocycles. The lowest BCUT2D eigenvalue weighted by molar-refractivity contribution is 0.0501. The molecule has 1 fully saturated rings. The Morgan fingerprint density at radius 1 is 1.13 bits per heavy atom. The van der Waals surface area contributed by atoms with Crippen LogP contribution in [0.15, 0.2) is 45.9 Å². The maximum atomic E-state index is 12.6. The van der Waals surface area contributed by atoms with Gasteiger partial charge in [0.25, 0.3) is 15.9 Å². The van der Waals surface area contributed by atoms with Crippen molar-refractivity contribution in [3.05, 3.63) is 47.7 Å². The molecule has 3 rings (SSSR count). The van der Waals surface area contributed by atoms with Crippen LogP contribution in [0.5, 0.6) is 0 Å². The van der Waals surface area contributed by atoms with E-state index in [1.165, 1.54) is 16.4 Å². The summed E-state index contributed by atoms with van der Waals surface area (Å²) in [6, 6.07) is 8.94. The Balaban J connectivity index is 1.72. The lowest BCUT2D eigenvalue weighted by Gasteiger charge is -2.24. The summed E-state index contributed by atoms with van der Waals surface area (Å²) >= 11 is 0. The number of nitrogens with one attached hydrogen (secondary N) is 1. The van der Waals surface area contributed by atoms with Crippen molar-refractivity contribution < 1.29 is 31.9 Å². The van der Waals surface area contributed by atoms with Gasteiger partial charge in [-0.05, 0) is 30.7 Å². The molecule has 1 N–H and O–H groups in total. The second kappa shape index (κ2) is 9.88. The number of nitrogens with zero attached hydrogens (tertiary/aromatic N) is 1. The van der Waals surface area contributed by atoms with Crippen molar-refractivity contribution in [2.45, 2.75) is 24.9 Å². The average molecular weight is 436 g/mol. The molecule has 0 radical (unpaired) electrons. The number of hydrogen-bond donors (Lipinski definition) is 1. The monoisotopic (exact) mass is 436 g/mol. The fourth-order valence-electron chi connectivity index (χ4n) is 2.84. The normalized spacial score (nSPS) is 15.0. The quantitative estimate of drug-likeness (QED) is 0.499. The SMILES string of the molecule is CCCCOC(=O)c1ccccc1NC(=O)c1ccc(S(=O)(=O)N2CCOCC2)o1. The zero-order valence-corrected chi connectivity index (χ0v) is 17.4. The largest absolute Gasteiger partial charge is 0.462 e. The molecule has 0 aliphatic carbocycles. The van der Waals surface area contributed by atoms with Crippen LogP contribution >= 0.6 is 0 Å². The first-order valence-electron chi connectivity index (χ1n) is 9.68. The summed E-state index contributed by atoms with van der Waals surface area (Å²) in [6.07, 6.45) is 1.63. The summed E-state index contributed by atoms with van der Waals surface area (Å²) in [7, 11) is -3.85. The number of para-hydroxylation sites is 1. The molecule has 9 nitrogen and oxygen atoms in total. The van der Waals surface area contributed by atoms with Crippen LogP contribution in [0.1, 0.15) is 40.7 Å². The predicted molar refractivity (Wildman–Crippen MR) is 108 cm³/mol. The van der Waals surface area contributed by atoms with Gasteiger partial charge in [-0.1, -0.05) is 25.5 Å². The Kier molecular flexibility index (Phi) is 7.24. The van der Waals surface area contributed by atoms with Crippen LogP contribution in [0.4, 0.5) is 5.69 Å². The van der Waals surface area contributed by atoms with Gasteiger partial charge in [0.05, 0.1) is 31.1 Å². The third-order valence-corrected chi connectivity index (χ3v) is 6.27. The molecule has 30 heavy (non-hydrogen) atoms. The van der Waals surface area contributed by atoms with Crippen LogP contribution in [0, 0.1) is 0 Å². The maximum Gasteiger partial charge on any atom is 0.340 e. The van der Waals surface area contributed by atoms with E-state index in [1.54, 1.807) is 24.3 Å². The van der Waals surface area contributed by atoms with Crippen molar-refractivity contribution in [2.75, 3.05) is 38.2 Å². The van der Waals surface area contributed by atoms with Crippen molar-refractivity contribution in [1.29, 1.82) is 0 Å². The van der Waals surface area contributed by atoms with Gasteiger partial charge in [-0.2, -0.15) is 4.31 Å². The van der Waals surface area contributed by atoms with Crippen LogP contribution in [0.25, 0.3) is 0 Å². The summed E-state index contributed by atoms with van der Waals surface area (Å²) in [5.41, 5.74) is 0.452. The first kappa shape index (κ1) is 22.0. The number of anilines is 1. The summed E-state index contributed by atoms with van der Waals surface area (Å²) in [4.78, 5) is 24.9. The van der Waals surface area contributed by atoms with Crippen molar-refractivity contribution >= 4 is 27.6 Å². The van der Waals surface area contributed by atoms with Gasteiger partial charge in [0, 0.05) is 13.1 Å². The first-order chi connectivity index (χ1) is 14.4. The van der Waals surface area contributed by atoms with E-state index >= 15 is 0 Å². The van der Waals surface area contributed by atoms with Crippen LogP contribution in [0.3, 0.4) is 0 Å². The number of unbranched alkanes of at least 4 members (excludes halogenated alkanes) is 1. The van der Waals surface area contributed by atoms with E-state index in [0.717, 1.165) is 12.8 Å². The highest BCUT2D eigenvalue weighted by Crippen LogP contribution is 2.22. The lowest BCUT2D eigenvalue weighted by Crippen LogP contribution is -2.40. The Bertz CT molecular complexity index is 994. The number of amides is 1. The number of rotatable bonds is 8. The fourth-order valence-corrected chi connectivity index (χ4v) is 4.16. The van der Waals surface area contributed by atoms with Crippen molar-refractivity contribution in [3.63, 3.8) is 0 Å². The number of morpholine rings is 1. The molecule has 0 bridgehead atoms. The fraction of sp³-hybridized carbons (Fsp3) is 0.400. The van der Waals surface area contributed by atoms with Crippen molar-refractivity contribution in [1.82, 2.24) is 4.31 Å². The van der Waals surface area contributed by atoms with E-state index in [1.807, 2.05) is 6.92 Å². The first-order valence-corrected chi connectivity index (χ1v) is 11.1. The molecular weight excluding hydrogens is 412 g/mol. The van der Waals surface area contributed by atoms with Gasteiger partial charge in [-0.3, -0.25) is 4.79 Å². The van der Waals surface area contributed by atoms with Crippen molar-refractivity contribution in [2.24, 2.45) is 0 Å². The van der Waals surface area contributed by atoms with Crippen LogP contribution in [-0.4, -0.2) is 57.5 Å². The number of ether oxygens (including phenoxy) is 2. The van der Waals surface area contributed by atoms with E-state index in [9.17, 15) is 18.0 Å². The van der Waals surface area contributed by atoms with E-state index in [-0.39, 0.29) is 35.2 Å². The maximum absolute atomic E-state index is 12.6. The standard InChI is InChI=1S/C20H24N2O7S/c1-2-3-12-28-20(24)15-6-4-5-7-16(15)21-19(23)17-8-9-18(29-17)30(25,26)22-10-13-27-14-11-22/h4-9H,2-3,10-14H2,1H3,(H,21,23). The lowest BCUT2D eigenvalue weighted by atomic mass is 10.1. The highest BCUT2D eigenvalue weighted by molar-refractivity contribution is 7.89. The minimum atomic E-state index is -3.85. The predicted octanol–water partition coefficient (Wildman–Crippen LogP) is 2.51. The van der Waals surface area contributed by atoms with Crippen molar-refractivity contribution in [3.8, 4) is 0 Å². The smallest absolute Gasteiger partial charge is 0.340 e. The molecule has 0 saturated carbocycles. The topological polar surface area (TPSA) is 115 Å². The number of carbonyl (C=O) groups excluding carboxylic acids is 2. The zero-order valence-electron chi connectivity index (χ0n) is 16.6. The molecule has 2 aromatic rings. The highest BCUT2D eigenvalue weighted by atomic mass is 32.2. The summed E-state index contributed by atoms with van der Waals surface area (Å²) in [6.45, 7) is 3.32. The molecular formula is C20H24N2O7S. The molecule has 0 atom stereocenters. The van der Waals surface area contributed by atoms with Crippen LogP contribution in [0.2, 0.25) is 0 Å². The molecule has 10 heteroatoms. The van der Waals surface area contributed by atoms with Gasteiger partial charge >= 0.3 is 5.97 Å². The highest BCUT2D eigenvalue weighted by Gasteiger charge is 2.30. The summed E-state index contributed by atoms with van der Waals surface area (Å²) < 4.78 is 42.2. The molecule has 2 heterocycles. The van der Waals surface area contributed by atoms with Gasteiger partial charge in [0.15, 0.2) is 5.76 Å². The molecule has 0 unspecified atom stereocenters. The molecule has 1 aliphatic heterocycles. The van der Waals surface area contributed by atoms with Gasteiger partial charge in [-0.25, -0.2) is 13.2 Å². The number of furan rings is 1. The van der Waals surface area contributed by atoms with Gasteiger partial charge < -0.3 is 19.2 Å². The molecule has 1 amide bonds. The van der Waals surface area contributed by atoms with E-state index in [2.05, 4.69) is 5.32 Å². The minimum absolute atomic E-state index is 0.184. The molecule has 1 aliphatic rings. The van der Waals surface area contributed by atoms with Gasteiger partial charge in [0.1, 0.15) is 0 Å². The average Bonchev–Trinajstić information content (AvgIpc) is 3.26. The number of benzene rings is 1. The second-order valence-corrected chi connectivity index (χ2v) is 8.49. The Morgan fingerprint density at radius 2 is 1.87 bits per heavy atom. The molecule has 0 spiro atoms. The third-order valence-electron chi connectivity index (χ3n) is 4.50. The van der Waals surface area contributed by atoms with Crippen LogP contribution in [-0.2, 0) is 19.5 Å². The minimum Gasteiger partial charge on any atom is -0.462 e. The zero-order chi connectivity index (χ0) is 21.6. The molecule has 1 saturated heterocycles. The molecule has 1 aromatic carbocycles. The summed E-state index contributed by atoms with van der Waals surface area (Å²) in [5, 5.41) is 2.26. The van der Waals surface area contributed by atoms with E-state index in [4.69, 9.17) is 13.9 Å². The number of sulfonamides is 1. The van der Waals surface area contributed by atoms with Gasteiger partial charge in [-0.15, -0.1) is 0 Å².